The van der Waals surface area contributed by atoms with Gasteiger partial charge in [-0.25, -0.2) is 14.8 Å². The van der Waals surface area contributed by atoms with Crippen molar-refractivity contribution in [3.63, 3.8) is 0 Å². The van der Waals surface area contributed by atoms with Gasteiger partial charge >= 0.3 is 5.97 Å². The van der Waals surface area contributed by atoms with Crippen molar-refractivity contribution in [1.82, 2.24) is 0 Å². The van der Waals surface area contributed by atoms with Gasteiger partial charge in [0.25, 0.3) is 5.69 Å². The van der Waals surface area contributed by atoms with E-state index >= 15 is 0 Å². The molecule has 1 atom stereocenters. The van der Waals surface area contributed by atoms with Crippen LogP contribution in [0.5, 0.6) is 0 Å². The lowest BCUT2D eigenvalue weighted by Crippen LogP contribution is -2.53. The molecule has 0 aliphatic carbocycles. The lowest BCUT2D eigenvalue weighted by atomic mass is 10.1. The fraction of sp³-hybridized carbons (Fsp3) is 0.115. The summed E-state index contributed by atoms with van der Waals surface area (Å²) < 4.78 is 6.20. The van der Waals surface area contributed by atoms with Crippen LogP contribution in [0.1, 0.15) is 12.5 Å². The Morgan fingerprint density at radius 3 is 2.30 bits per heavy atom. The third kappa shape index (κ3) is 4.75. The number of nitrogens with zero attached hydrogens (tertiary/aromatic N) is 5. The Bertz CT molecular complexity index is 1430. The number of anilines is 2. The van der Waals surface area contributed by atoms with Crippen LogP contribution in [0.15, 0.2) is 106 Å². The van der Waals surface area contributed by atoms with Gasteiger partial charge in [0.15, 0.2) is 0 Å². The second-order valence-electron chi connectivity index (χ2n) is 7.94. The SMILES string of the molecule is CCOC(=O)C1=NN(c2ccc([N+](=O)[O-])cc2)[C@]2(C=CC(c3ccc(Br)cc3)=NN2c2ccccc2)S1. The molecule has 0 unspecified atom stereocenters. The third-order valence-corrected chi connectivity index (χ3v) is 7.36. The van der Waals surface area contributed by atoms with Gasteiger partial charge in [0.2, 0.25) is 10.0 Å². The number of non-ortho nitro benzene ring substituents is 1. The lowest BCUT2D eigenvalue weighted by Gasteiger charge is -2.43. The second kappa shape index (κ2) is 10.2. The lowest BCUT2D eigenvalue weighted by molar-refractivity contribution is -0.384. The summed E-state index contributed by atoms with van der Waals surface area (Å²) >= 11 is 4.66. The van der Waals surface area contributed by atoms with Crippen LogP contribution in [0, 0.1) is 10.1 Å². The molecule has 2 aliphatic rings. The topological polar surface area (TPSA) is 101 Å². The molecule has 5 rings (SSSR count). The van der Waals surface area contributed by atoms with E-state index in [1.165, 1.54) is 23.9 Å². The molecule has 0 aromatic heterocycles. The van der Waals surface area contributed by atoms with Crippen LogP contribution in [-0.2, 0) is 9.53 Å². The number of hydrazone groups is 2. The van der Waals surface area contributed by atoms with E-state index in [0.717, 1.165) is 21.4 Å². The number of esters is 1. The molecule has 186 valence electrons. The van der Waals surface area contributed by atoms with Crippen molar-refractivity contribution in [2.75, 3.05) is 16.6 Å². The summed E-state index contributed by atoms with van der Waals surface area (Å²) in [7, 11) is 0. The zero-order chi connectivity index (χ0) is 26.0. The molecule has 3 aromatic rings. The number of carbonyl (C=O) groups is 1. The quantitative estimate of drug-likeness (QED) is 0.203. The number of para-hydroxylation sites is 1. The normalized spacial score (nSPS) is 18.5. The van der Waals surface area contributed by atoms with Crippen LogP contribution in [0.2, 0.25) is 0 Å². The number of nitro groups is 1. The van der Waals surface area contributed by atoms with Gasteiger partial charge in [0, 0.05) is 22.2 Å². The van der Waals surface area contributed by atoms with E-state index in [0.29, 0.717) is 5.69 Å². The summed E-state index contributed by atoms with van der Waals surface area (Å²) in [6, 6.07) is 23.4. The van der Waals surface area contributed by atoms with Crippen molar-refractivity contribution in [1.29, 1.82) is 0 Å². The van der Waals surface area contributed by atoms with Crippen LogP contribution in [0.3, 0.4) is 0 Å². The number of benzene rings is 3. The van der Waals surface area contributed by atoms with Gasteiger partial charge in [0.1, 0.15) is 0 Å². The van der Waals surface area contributed by atoms with Crippen LogP contribution < -0.4 is 10.0 Å². The maximum absolute atomic E-state index is 12.8. The standard InChI is InChI=1S/C26H20BrN5O4S/c1-2-36-25(33)24-29-31(21-12-14-22(15-13-21)32(34)35)26(37-24)17-16-23(18-8-10-19(27)11-9-18)28-30(26)20-6-4-3-5-7-20/h3-17H,2H2,1H3/t26-/m1/s1. The Morgan fingerprint density at radius 1 is 1.00 bits per heavy atom. The number of allylic oxidation sites excluding steroid dienone is 1. The Hall–Kier alpha value is -3.96. The Balaban J connectivity index is 1.65. The zero-order valence-corrected chi connectivity index (χ0v) is 21.9. The average Bonchev–Trinajstić information content (AvgIpc) is 3.30. The van der Waals surface area contributed by atoms with Crippen LogP contribution in [0.25, 0.3) is 0 Å². The summed E-state index contributed by atoms with van der Waals surface area (Å²) in [6.45, 7) is 1.93. The molecule has 2 aliphatic heterocycles. The largest absolute Gasteiger partial charge is 0.461 e. The first-order chi connectivity index (χ1) is 17.9. The molecule has 9 nitrogen and oxygen atoms in total. The number of carbonyl (C=O) groups excluding carboxylic acids is 1. The molecule has 3 aromatic carbocycles. The number of hydrogen-bond acceptors (Lipinski definition) is 9. The molecule has 0 radical (unpaired) electrons. The van der Waals surface area contributed by atoms with Crippen LogP contribution in [-0.4, -0.2) is 33.2 Å². The molecule has 0 saturated carbocycles. The van der Waals surface area contributed by atoms with Gasteiger partial charge in [-0.15, -0.1) is 0 Å². The van der Waals surface area contributed by atoms with E-state index < -0.39 is 15.9 Å². The number of halogens is 1. The molecular weight excluding hydrogens is 558 g/mol. The molecule has 11 heteroatoms. The van der Waals surface area contributed by atoms with Crippen molar-refractivity contribution in [3.8, 4) is 0 Å². The van der Waals surface area contributed by atoms with E-state index in [-0.39, 0.29) is 17.3 Å². The summed E-state index contributed by atoms with van der Waals surface area (Å²) in [4.78, 5) is 22.4. The van der Waals surface area contributed by atoms with Crippen molar-refractivity contribution < 1.29 is 14.5 Å². The van der Waals surface area contributed by atoms with Gasteiger partial charge in [-0.3, -0.25) is 10.1 Å². The molecule has 0 fully saturated rings. The summed E-state index contributed by atoms with van der Waals surface area (Å²) in [5.41, 5.74) is 2.89. The number of nitro benzene ring substituents is 1. The van der Waals surface area contributed by atoms with E-state index in [1.807, 2.05) is 66.7 Å². The first-order valence-corrected chi connectivity index (χ1v) is 12.9. The van der Waals surface area contributed by atoms with Gasteiger partial charge in [-0.05, 0) is 67.2 Å². The summed E-state index contributed by atoms with van der Waals surface area (Å²) in [6.07, 6.45) is 3.81. The van der Waals surface area contributed by atoms with Gasteiger partial charge < -0.3 is 4.74 Å². The molecular formula is C26H20BrN5O4S. The predicted octanol–water partition coefficient (Wildman–Crippen LogP) is 5.92. The van der Waals surface area contributed by atoms with Gasteiger partial charge in [0.05, 0.1) is 28.6 Å². The van der Waals surface area contributed by atoms with E-state index in [4.69, 9.17) is 9.84 Å². The van der Waals surface area contributed by atoms with Gasteiger partial charge in [-0.2, -0.15) is 10.2 Å². The smallest absolute Gasteiger partial charge is 0.365 e. The Labute approximate surface area is 225 Å². The van der Waals surface area contributed by atoms with E-state index in [9.17, 15) is 14.9 Å². The number of rotatable bonds is 6. The van der Waals surface area contributed by atoms with Crippen LogP contribution >= 0.6 is 27.7 Å². The highest BCUT2D eigenvalue weighted by Gasteiger charge is 2.52. The molecule has 0 N–H and O–H groups in total. The molecule has 37 heavy (non-hydrogen) atoms. The number of ether oxygens (including phenoxy) is 1. The highest BCUT2D eigenvalue weighted by Crippen LogP contribution is 2.48. The predicted molar refractivity (Wildman–Crippen MR) is 149 cm³/mol. The van der Waals surface area contributed by atoms with Crippen molar-refractivity contribution in [3.05, 3.63) is 111 Å². The molecule has 0 bridgehead atoms. The Morgan fingerprint density at radius 2 is 1.65 bits per heavy atom. The van der Waals surface area contributed by atoms with E-state index in [2.05, 4.69) is 21.0 Å². The second-order valence-corrected chi connectivity index (χ2v) is 10.1. The van der Waals surface area contributed by atoms with Crippen molar-refractivity contribution in [2.24, 2.45) is 10.2 Å². The molecule has 0 saturated heterocycles. The fourth-order valence-corrected chi connectivity index (χ4v) is 5.31. The molecule has 1 spiro atoms. The molecule has 2 heterocycles. The monoisotopic (exact) mass is 577 g/mol. The average molecular weight is 578 g/mol. The fourth-order valence-electron chi connectivity index (χ4n) is 3.90. The van der Waals surface area contributed by atoms with Crippen molar-refractivity contribution >= 4 is 61.5 Å². The first-order valence-electron chi connectivity index (χ1n) is 11.3. The molecule has 0 amide bonds. The minimum absolute atomic E-state index is 0.0473. The first kappa shape index (κ1) is 24.7. The highest BCUT2D eigenvalue weighted by molar-refractivity contribution is 9.10. The van der Waals surface area contributed by atoms with E-state index in [1.54, 1.807) is 29.1 Å². The zero-order valence-electron chi connectivity index (χ0n) is 19.5. The minimum atomic E-state index is -1.11. The maximum atomic E-state index is 12.8. The minimum Gasteiger partial charge on any atom is -0.461 e. The summed E-state index contributed by atoms with van der Waals surface area (Å²) in [5, 5.41) is 24.4. The number of thioether (sulfide) groups is 1. The third-order valence-electron chi connectivity index (χ3n) is 5.61. The van der Waals surface area contributed by atoms with Gasteiger partial charge in [-0.1, -0.05) is 46.3 Å². The summed E-state index contributed by atoms with van der Waals surface area (Å²) in [5.74, 6) is -0.555. The maximum Gasteiger partial charge on any atom is 0.365 e. The van der Waals surface area contributed by atoms with Crippen molar-refractivity contribution in [2.45, 2.75) is 11.9 Å². The Kier molecular flexibility index (Phi) is 6.81. The highest BCUT2D eigenvalue weighted by atomic mass is 79.9. The van der Waals surface area contributed by atoms with Crippen LogP contribution in [0.4, 0.5) is 17.1 Å². The number of hydrogen-bond donors (Lipinski definition) is 0.